The second-order valence-corrected chi connectivity index (χ2v) is 2.92. The minimum absolute atomic E-state index is 0. The first-order chi connectivity index (χ1) is 5.79. The van der Waals surface area contributed by atoms with Crippen LogP contribution in [-0.2, 0) is 21.1 Å². The molecule has 0 heterocycles. The maximum Gasteiger partial charge on any atom is 2.00 e. The summed E-state index contributed by atoms with van der Waals surface area (Å²) < 4.78 is 0. The molecule has 66 valence electrons. The summed E-state index contributed by atoms with van der Waals surface area (Å²) in [5.41, 5.74) is 0. The van der Waals surface area contributed by atoms with Crippen LogP contribution in [0.1, 0.15) is 13.8 Å². The Morgan fingerprint density at radius 2 is 0.846 bits per heavy atom. The van der Waals surface area contributed by atoms with Gasteiger partial charge in [0.2, 0.25) is 0 Å². The van der Waals surface area contributed by atoms with E-state index in [1.807, 2.05) is 25.7 Å². The van der Waals surface area contributed by atoms with Crippen LogP contribution in [0.3, 0.4) is 0 Å². The molecule has 10 radical (unpaired) electrons. The maximum atomic E-state index is 2.08. The topological polar surface area (TPSA) is 0 Å². The van der Waals surface area contributed by atoms with Gasteiger partial charge in [0.15, 0.2) is 0 Å². The van der Waals surface area contributed by atoms with Crippen molar-refractivity contribution in [2.75, 3.05) is 0 Å². The van der Waals surface area contributed by atoms with Crippen LogP contribution >= 0.6 is 0 Å². The molecule has 0 N–H and O–H groups in total. The molecule has 0 atom stereocenters. The van der Waals surface area contributed by atoms with E-state index < -0.39 is 0 Å². The van der Waals surface area contributed by atoms with E-state index in [2.05, 4.69) is 39.5 Å². The van der Waals surface area contributed by atoms with Gasteiger partial charge >= 0.3 is 21.1 Å². The summed E-state index contributed by atoms with van der Waals surface area (Å²) >= 11 is 0. The summed E-state index contributed by atoms with van der Waals surface area (Å²) in [6.07, 6.45) is 16.5. The van der Waals surface area contributed by atoms with E-state index in [4.69, 9.17) is 0 Å². The molecule has 0 aromatic rings. The molecule has 0 bridgehead atoms. The Labute approximate surface area is 98.1 Å². The second kappa shape index (κ2) is 8.03. The number of hydrogen-bond acceptors (Lipinski definition) is 0. The summed E-state index contributed by atoms with van der Waals surface area (Å²) in [5, 5.41) is 0. The third-order valence-corrected chi connectivity index (χ3v) is 1.66. The zero-order valence-corrected chi connectivity index (χ0v) is 11.0. The molecule has 2 rings (SSSR count). The van der Waals surface area contributed by atoms with Gasteiger partial charge in [-0.15, -0.1) is 0 Å². The van der Waals surface area contributed by atoms with Crippen LogP contribution in [0.2, 0.25) is 0 Å². The molecule has 2 aliphatic carbocycles. The molecule has 13 heavy (non-hydrogen) atoms. The quantitative estimate of drug-likeness (QED) is 0.635. The van der Waals surface area contributed by atoms with E-state index >= 15 is 0 Å². The first kappa shape index (κ1) is 13.7. The summed E-state index contributed by atoms with van der Waals surface area (Å²) in [6, 6.07) is 0. The normalized spacial score (nSPS) is 23.5. The maximum absolute atomic E-state index is 2.08. The second-order valence-electron chi connectivity index (χ2n) is 2.92. The van der Waals surface area contributed by atoms with Crippen LogP contribution in [0.25, 0.3) is 0 Å². The zero-order valence-electron chi connectivity index (χ0n) is 8.03. The minimum atomic E-state index is 0. The molecule has 0 saturated heterocycles. The van der Waals surface area contributed by atoms with Crippen molar-refractivity contribution in [3.8, 4) is 0 Å². The van der Waals surface area contributed by atoms with E-state index in [9.17, 15) is 0 Å². The van der Waals surface area contributed by atoms with Gasteiger partial charge in [0.05, 0.1) is 0 Å². The SMILES string of the molecule is C[C]1[CH][CH][CH][CH]1.C[C]1[CH][CH][CH][CH]1.[W+2]. The molecular weight excluding hydrogens is 328 g/mol. The Balaban J connectivity index is 0.000000206. The monoisotopic (exact) mass is 342 g/mol. The van der Waals surface area contributed by atoms with Crippen molar-refractivity contribution in [3.05, 3.63) is 63.2 Å². The Bertz CT molecular complexity index is 85.7. The number of hydrogen-bond donors (Lipinski definition) is 0. The number of rotatable bonds is 0. The van der Waals surface area contributed by atoms with Crippen LogP contribution < -0.4 is 0 Å². The van der Waals surface area contributed by atoms with Crippen LogP contribution in [-0.4, -0.2) is 0 Å². The smallest absolute Gasteiger partial charge is 0.0585 e. The largest absolute Gasteiger partial charge is 2.00 e. The van der Waals surface area contributed by atoms with Gasteiger partial charge in [0.25, 0.3) is 0 Å². The first-order valence-electron chi connectivity index (χ1n) is 4.15. The van der Waals surface area contributed by atoms with Crippen LogP contribution in [0, 0.1) is 63.2 Å². The van der Waals surface area contributed by atoms with Gasteiger partial charge < -0.3 is 0 Å². The zero-order chi connectivity index (χ0) is 8.81. The van der Waals surface area contributed by atoms with Crippen LogP contribution in [0.4, 0.5) is 0 Å². The van der Waals surface area contributed by atoms with E-state index in [1.165, 1.54) is 11.8 Å². The Morgan fingerprint density at radius 1 is 0.615 bits per heavy atom. The van der Waals surface area contributed by atoms with Crippen LogP contribution in [0.5, 0.6) is 0 Å². The molecule has 2 saturated carbocycles. The van der Waals surface area contributed by atoms with E-state index in [0.29, 0.717) is 0 Å². The molecule has 1 heteroatoms. The van der Waals surface area contributed by atoms with Crippen LogP contribution in [0.15, 0.2) is 0 Å². The van der Waals surface area contributed by atoms with Crippen molar-refractivity contribution in [2.45, 2.75) is 13.8 Å². The van der Waals surface area contributed by atoms with Crippen molar-refractivity contribution in [1.29, 1.82) is 0 Å². The van der Waals surface area contributed by atoms with Crippen molar-refractivity contribution in [1.82, 2.24) is 0 Å². The fraction of sp³-hybridized carbons (Fsp3) is 0.167. The van der Waals surface area contributed by atoms with Gasteiger partial charge in [0, 0.05) is 0 Å². The molecule has 2 fully saturated rings. The van der Waals surface area contributed by atoms with Gasteiger partial charge in [-0.1, -0.05) is 13.8 Å². The van der Waals surface area contributed by atoms with Gasteiger partial charge in [-0.05, 0) is 63.2 Å². The summed E-state index contributed by atoms with van der Waals surface area (Å²) in [7, 11) is 0. The standard InChI is InChI=1S/2C6H7.W/c2*1-6-4-2-3-5-6;/h2*2-5H,1H3;/q;;+2. The predicted octanol–water partition coefficient (Wildman–Crippen LogP) is 2.82. The molecule has 2 aliphatic rings. The summed E-state index contributed by atoms with van der Waals surface area (Å²) in [5.74, 6) is 2.69. The minimum Gasteiger partial charge on any atom is -0.0585 e. The van der Waals surface area contributed by atoms with E-state index in [1.54, 1.807) is 0 Å². The molecule has 0 aliphatic heterocycles. The van der Waals surface area contributed by atoms with Gasteiger partial charge in [0.1, 0.15) is 0 Å². The Kier molecular flexibility index (Phi) is 8.46. The summed E-state index contributed by atoms with van der Waals surface area (Å²) in [4.78, 5) is 0. The van der Waals surface area contributed by atoms with Crippen molar-refractivity contribution in [2.24, 2.45) is 0 Å². The summed E-state index contributed by atoms with van der Waals surface area (Å²) in [6.45, 7) is 4.17. The third-order valence-electron chi connectivity index (χ3n) is 1.66. The third kappa shape index (κ3) is 6.72. The van der Waals surface area contributed by atoms with E-state index in [0.717, 1.165) is 0 Å². The predicted molar refractivity (Wildman–Crippen MR) is 52.2 cm³/mol. The molecular formula is C12H14W+2. The molecule has 0 nitrogen and oxygen atoms in total. The fourth-order valence-corrected chi connectivity index (χ4v) is 0.940. The fourth-order valence-electron chi connectivity index (χ4n) is 0.940. The molecule has 0 aromatic carbocycles. The van der Waals surface area contributed by atoms with Gasteiger partial charge in [-0.3, -0.25) is 0 Å². The molecule has 0 unspecified atom stereocenters. The Hall–Kier alpha value is 0.688. The van der Waals surface area contributed by atoms with Gasteiger partial charge in [-0.25, -0.2) is 0 Å². The van der Waals surface area contributed by atoms with E-state index in [-0.39, 0.29) is 21.1 Å². The van der Waals surface area contributed by atoms with Crippen molar-refractivity contribution < 1.29 is 21.1 Å². The first-order valence-corrected chi connectivity index (χ1v) is 4.15. The van der Waals surface area contributed by atoms with Crippen molar-refractivity contribution >= 4 is 0 Å². The Morgan fingerprint density at radius 3 is 0.923 bits per heavy atom. The molecule has 0 aromatic heterocycles. The average Bonchev–Trinajstić information content (AvgIpc) is 2.63. The van der Waals surface area contributed by atoms with Gasteiger partial charge in [-0.2, -0.15) is 0 Å². The average molecular weight is 342 g/mol. The molecule has 0 spiro atoms. The molecule has 0 amide bonds. The van der Waals surface area contributed by atoms with Crippen molar-refractivity contribution in [3.63, 3.8) is 0 Å².